The molecule has 1 rings (SSSR count). The Bertz CT molecular complexity index is 142. The van der Waals surface area contributed by atoms with Crippen molar-refractivity contribution in [1.29, 1.82) is 0 Å². The number of hydrogen-bond donors (Lipinski definition) is 2. The summed E-state index contributed by atoms with van der Waals surface area (Å²) in [5.74, 6) is 0. The standard InChI is InChI=1S/C10H21NO2/c1-10(2,8-12)7-11-13-9-5-3-4-6-9/h9,11-12H,3-8H2,1-2H3. The zero-order valence-electron chi connectivity index (χ0n) is 8.68. The van der Waals surface area contributed by atoms with Gasteiger partial charge in [0.15, 0.2) is 0 Å². The lowest BCUT2D eigenvalue weighted by Gasteiger charge is -2.22. The number of rotatable bonds is 5. The van der Waals surface area contributed by atoms with Crippen LogP contribution in [0.15, 0.2) is 0 Å². The maximum absolute atomic E-state index is 8.99. The van der Waals surface area contributed by atoms with E-state index >= 15 is 0 Å². The van der Waals surface area contributed by atoms with Gasteiger partial charge in [-0.15, -0.1) is 0 Å². The second kappa shape index (κ2) is 4.94. The average Bonchev–Trinajstić information content (AvgIpc) is 2.57. The zero-order chi connectivity index (χ0) is 9.73. The van der Waals surface area contributed by atoms with Crippen LogP contribution in [-0.4, -0.2) is 24.4 Å². The number of nitrogens with one attached hydrogen (secondary N) is 1. The van der Waals surface area contributed by atoms with Crippen molar-refractivity contribution in [3.63, 3.8) is 0 Å². The van der Waals surface area contributed by atoms with E-state index < -0.39 is 0 Å². The molecule has 0 aromatic heterocycles. The van der Waals surface area contributed by atoms with Gasteiger partial charge < -0.3 is 5.11 Å². The van der Waals surface area contributed by atoms with E-state index in [9.17, 15) is 0 Å². The minimum atomic E-state index is -0.0847. The molecule has 0 bridgehead atoms. The molecule has 78 valence electrons. The molecule has 0 amide bonds. The third kappa shape index (κ3) is 4.07. The van der Waals surface area contributed by atoms with Crippen molar-refractivity contribution >= 4 is 0 Å². The fourth-order valence-corrected chi connectivity index (χ4v) is 1.42. The van der Waals surface area contributed by atoms with Crippen molar-refractivity contribution in [3.8, 4) is 0 Å². The smallest absolute Gasteiger partial charge is 0.0790 e. The SMILES string of the molecule is CC(C)(CO)CNOC1CCCC1. The third-order valence-electron chi connectivity index (χ3n) is 2.53. The van der Waals surface area contributed by atoms with E-state index in [4.69, 9.17) is 9.94 Å². The van der Waals surface area contributed by atoms with Crippen LogP contribution in [0.3, 0.4) is 0 Å². The summed E-state index contributed by atoms with van der Waals surface area (Å²) < 4.78 is 0. The van der Waals surface area contributed by atoms with Gasteiger partial charge >= 0.3 is 0 Å². The number of aliphatic hydroxyl groups excluding tert-OH is 1. The molecule has 0 heterocycles. The summed E-state index contributed by atoms with van der Waals surface area (Å²) in [6.45, 7) is 4.92. The highest BCUT2D eigenvalue weighted by atomic mass is 16.7. The first-order valence-corrected chi connectivity index (χ1v) is 5.13. The van der Waals surface area contributed by atoms with Crippen molar-refractivity contribution in [2.24, 2.45) is 5.41 Å². The fraction of sp³-hybridized carbons (Fsp3) is 1.00. The normalized spacial score (nSPS) is 19.6. The molecule has 0 aromatic rings. The van der Waals surface area contributed by atoms with E-state index in [0.29, 0.717) is 12.6 Å². The molecular weight excluding hydrogens is 166 g/mol. The minimum Gasteiger partial charge on any atom is -0.396 e. The van der Waals surface area contributed by atoms with Gasteiger partial charge in [0.2, 0.25) is 0 Å². The average molecular weight is 187 g/mol. The molecule has 0 aliphatic heterocycles. The molecular formula is C10H21NO2. The van der Waals surface area contributed by atoms with Crippen LogP contribution in [0.25, 0.3) is 0 Å². The van der Waals surface area contributed by atoms with Gasteiger partial charge in [0.05, 0.1) is 6.10 Å². The van der Waals surface area contributed by atoms with Crippen LogP contribution in [0, 0.1) is 5.41 Å². The monoisotopic (exact) mass is 187 g/mol. The highest BCUT2D eigenvalue weighted by molar-refractivity contribution is 4.69. The minimum absolute atomic E-state index is 0.0847. The first-order chi connectivity index (χ1) is 6.14. The summed E-state index contributed by atoms with van der Waals surface area (Å²) >= 11 is 0. The highest BCUT2D eigenvalue weighted by Crippen LogP contribution is 2.20. The second-order valence-electron chi connectivity index (χ2n) is 4.67. The van der Waals surface area contributed by atoms with Crippen molar-refractivity contribution < 1.29 is 9.94 Å². The Morgan fingerprint density at radius 3 is 2.54 bits per heavy atom. The molecule has 2 N–H and O–H groups in total. The molecule has 1 fully saturated rings. The Labute approximate surface area is 80.4 Å². The van der Waals surface area contributed by atoms with Gasteiger partial charge in [0.1, 0.15) is 0 Å². The van der Waals surface area contributed by atoms with Gasteiger partial charge in [0, 0.05) is 18.6 Å². The predicted molar refractivity (Wildman–Crippen MR) is 52.2 cm³/mol. The van der Waals surface area contributed by atoms with Crippen LogP contribution in [-0.2, 0) is 4.84 Å². The Kier molecular flexibility index (Phi) is 4.16. The second-order valence-corrected chi connectivity index (χ2v) is 4.67. The fourth-order valence-electron chi connectivity index (χ4n) is 1.42. The maximum atomic E-state index is 8.99. The molecule has 0 saturated heterocycles. The van der Waals surface area contributed by atoms with Gasteiger partial charge in [-0.05, 0) is 12.8 Å². The Morgan fingerprint density at radius 1 is 1.38 bits per heavy atom. The molecule has 0 radical (unpaired) electrons. The quantitative estimate of drug-likeness (QED) is 0.640. The van der Waals surface area contributed by atoms with Crippen LogP contribution in [0.1, 0.15) is 39.5 Å². The highest BCUT2D eigenvalue weighted by Gasteiger charge is 2.19. The van der Waals surface area contributed by atoms with Crippen LogP contribution in [0.5, 0.6) is 0 Å². The van der Waals surface area contributed by atoms with Crippen LogP contribution >= 0.6 is 0 Å². The van der Waals surface area contributed by atoms with Crippen LogP contribution in [0.4, 0.5) is 0 Å². The van der Waals surface area contributed by atoms with Crippen LogP contribution in [0.2, 0.25) is 0 Å². The van der Waals surface area contributed by atoms with Crippen molar-refractivity contribution in [2.45, 2.75) is 45.6 Å². The number of aliphatic hydroxyl groups is 1. The summed E-state index contributed by atoms with van der Waals surface area (Å²) in [4.78, 5) is 5.48. The summed E-state index contributed by atoms with van der Waals surface area (Å²) in [7, 11) is 0. The lowest BCUT2D eigenvalue weighted by molar-refractivity contribution is -0.0399. The largest absolute Gasteiger partial charge is 0.396 e. The van der Waals surface area contributed by atoms with E-state index in [1.54, 1.807) is 0 Å². The number of hydroxylamine groups is 1. The topological polar surface area (TPSA) is 41.5 Å². The van der Waals surface area contributed by atoms with E-state index in [-0.39, 0.29) is 12.0 Å². The molecule has 1 saturated carbocycles. The van der Waals surface area contributed by atoms with Crippen molar-refractivity contribution in [1.82, 2.24) is 5.48 Å². The molecule has 1 aliphatic carbocycles. The van der Waals surface area contributed by atoms with E-state index in [2.05, 4.69) is 5.48 Å². The van der Waals surface area contributed by atoms with Crippen molar-refractivity contribution in [3.05, 3.63) is 0 Å². The van der Waals surface area contributed by atoms with E-state index in [0.717, 1.165) is 0 Å². The number of hydrogen-bond acceptors (Lipinski definition) is 3. The Hall–Kier alpha value is -0.120. The molecule has 0 atom stereocenters. The van der Waals surface area contributed by atoms with Crippen LogP contribution < -0.4 is 5.48 Å². The van der Waals surface area contributed by atoms with Crippen molar-refractivity contribution in [2.75, 3.05) is 13.2 Å². The lowest BCUT2D eigenvalue weighted by Crippen LogP contribution is -2.34. The Balaban J connectivity index is 2.06. The summed E-state index contributed by atoms with van der Waals surface area (Å²) in [5, 5.41) is 8.99. The summed E-state index contributed by atoms with van der Waals surface area (Å²) in [6, 6.07) is 0. The Morgan fingerprint density at radius 2 is 2.00 bits per heavy atom. The molecule has 13 heavy (non-hydrogen) atoms. The predicted octanol–water partition coefficient (Wildman–Crippen LogP) is 1.47. The van der Waals surface area contributed by atoms with Gasteiger partial charge in [-0.2, -0.15) is 0 Å². The third-order valence-corrected chi connectivity index (χ3v) is 2.53. The zero-order valence-corrected chi connectivity index (χ0v) is 8.68. The molecule has 3 nitrogen and oxygen atoms in total. The van der Waals surface area contributed by atoms with Gasteiger partial charge in [-0.25, -0.2) is 5.48 Å². The van der Waals surface area contributed by atoms with E-state index in [1.807, 2.05) is 13.8 Å². The first-order valence-electron chi connectivity index (χ1n) is 5.13. The van der Waals surface area contributed by atoms with Gasteiger partial charge in [0.25, 0.3) is 0 Å². The van der Waals surface area contributed by atoms with E-state index in [1.165, 1.54) is 25.7 Å². The van der Waals surface area contributed by atoms with Gasteiger partial charge in [-0.3, -0.25) is 4.84 Å². The molecule has 3 heteroatoms. The summed E-state index contributed by atoms with van der Waals surface area (Å²) in [5.41, 5.74) is 2.87. The molecule has 1 aliphatic rings. The maximum Gasteiger partial charge on any atom is 0.0790 e. The summed E-state index contributed by atoms with van der Waals surface area (Å²) in [6.07, 6.45) is 5.32. The molecule has 0 spiro atoms. The van der Waals surface area contributed by atoms with Gasteiger partial charge in [-0.1, -0.05) is 26.7 Å². The first kappa shape index (κ1) is 11.0. The lowest BCUT2D eigenvalue weighted by atomic mass is 9.96. The molecule has 0 aromatic carbocycles. The molecule has 0 unspecified atom stereocenters.